The molecule has 284 valence electrons. The van der Waals surface area contributed by atoms with Crippen LogP contribution in [0.1, 0.15) is 0 Å². The zero-order valence-corrected chi connectivity index (χ0v) is 32.8. The van der Waals surface area contributed by atoms with Gasteiger partial charge in [0.15, 0.2) is 5.82 Å². The van der Waals surface area contributed by atoms with Gasteiger partial charge in [0, 0.05) is 66.3 Å². The van der Waals surface area contributed by atoms with E-state index >= 15 is 0 Å². The summed E-state index contributed by atoms with van der Waals surface area (Å²) in [5.74, 6) is 0.699. The maximum atomic E-state index is 6.53. The summed E-state index contributed by atoms with van der Waals surface area (Å²) in [6.07, 6.45) is 0. The van der Waals surface area contributed by atoms with E-state index < -0.39 is 0 Å². The predicted octanol–water partition coefficient (Wildman–Crippen LogP) is 14.7. The second-order valence-electron chi connectivity index (χ2n) is 15.7. The fourth-order valence-electron chi connectivity index (χ4n) is 9.52. The van der Waals surface area contributed by atoms with Crippen LogP contribution in [-0.2, 0) is 0 Å². The van der Waals surface area contributed by atoms with Crippen LogP contribution < -0.4 is 0 Å². The molecule has 0 amide bonds. The number of hydrogen-bond donors (Lipinski definition) is 0. The van der Waals surface area contributed by atoms with E-state index in [1.165, 1.54) is 32.7 Å². The van der Waals surface area contributed by atoms with E-state index in [0.717, 1.165) is 83.1 Å². The van der Waals surface area contributed by atoms with Crippen molar-refractivity contribution in [1.82, 2.24) is 19.1 Å². The molecule has 0 bridgehead atoms. The molecule has 0 aliphatic carbocycles. The van der Waals surface area contributed by atoms with Gasteiger partial charge in [-0.2, -0.15) is 0 Å². The Kier molecular flexibility index (Phi) is 7.24. The second kappa shape index (κ2) is 13.1. The predicted molar refractivity (Wildman–Crippen MR) is 252 cm³/mol. The van der Waals surface area contributed by atoms with Crippen molar-refractivity contribution in [2.24, 2.45) is 0 Å². The molecular formula is C56H34N4O. The Morgan fingerprint density at radius 2 is 0.885 bits per heavy atom. The first-order valence-electron chi connectivity index (χ1n) is 20.7. The molecule has 0 radical (unpaired) electrons. The zero-order valence-electron chi connectivity index (χ0n) is 32.8. The highest BCUT2D eigenvalue weighted by Crippen LogP contribution is 2.44. The lowest BCUT2D eigenvalue weighted by Crippen LogP contribution is -1.99. The number of nitrogens with zero attached hydrogens (tertiary/aromatic N) is 4. The molecule has 4 aromatic heterocycles. The highest BCUT2D eigenvalue weighted by Gasteiger charge is 2.23. The van der Waals surface area contributed by atoms with Crippen molar-refractivity contribution >= 4 is 76.5 Å². The summed E-state index contributed by atoms with van der Waals surface area (Å²) in [7, 11) is 0. The standard InChI is InChI=1S/C56H34N4O/c1-3-13-35(14-4-1)36-23-27-40(28-24-36)60-50-34-52-47(42-18-9-12-22-51(42)61-52)33-46(50)44-32-31-43-41-17-8-11-21-49(41)59(54(43)55(44)60)39-29-25-38(26-30-39)56-57-48-20-10-7-19-45(48)53(58-56)37-15-5-2-6-16-37/h1-34H. The van der Waals surface area contributed by atoms with Crippen LogP contribution in [-0.4, -0.2) is 19.1 Å². The van der Waals surface area contributed by atoms with Gasteiger partial charge < -0.3 is 13.6 Å². The monoisotopic (exact) mass is 778 g/mol. The lowest BCUT2D eigenvalue weighted by molar-refractivity contribution is 0.669. The average molecular weight is 779 g/mol. The third kappa shape index (κ3) is 5.14. The Morgan fingerprint density at radius 3 is 1.62 bits per heavy atom. The topological polar surface area (TPSA) is 48.8 Å². The SMILES string of the molecule is c1ccc(-c2ccc(-n3c4cc5oc6ccccc6c5cc4c4ccc5c6ccccc6n(-c6ccc(-c7nc(-c8ccccc8)c8ccccc8n7)cc6)c5c43)cc2)cc1. The zero-order chi connectivity index (χ0) is 40.0. The molecule has 0 saturated carbocycles. The highest BCUT2D eigenvalue weighted by molar-refractivity contribution is 6.25. The van der Waals surface area contributed by atoms with Crippen molar-refractivity contribution in [1.29, 1.82) is 0 Å². The first-order chi connectivity index (χ1) is 30.2. The minimum atomic E-state index is 0.699. The van der Waals surface area contributed by atoms with Gasteiger partial charge in [-0.05, 0) is 71.8 Å². The number of hydrogen-bond acceptors (Lipinski definition) is 3. The minimum Gasteiger partial charge on any atom is -0.456 e. The molecule has 0 aliphatic heterocycles. The molecule has 0 atom stereocenters. The Hall–Kier alpha value is -8.28. The van der Waals surface area contributed by atoms with Gasteiger partial charge in [-0.25, -0.2) is 9.97 Å². The quantitative estimate of drug-likeness (QED) is 0.175. The maximum absolute atomic E-state index is 6.53. The van der Waals surface area contributed by atoms with Gasteiger partial charge in [0.1, 0.15) is 11.2 Å². The van der Waals surface area contributed by atoms with Gasteiger partial charge >= 0.3 is 0 Å². The van der Waals surface area contributed by atoms with E-state index in [4.69, 9.17) is 14.4 Å². The fourth-order valence-corrected chi connectivity index (χ4v) is 9.52. The first kappa shape index (κ1) is 33.7. The Bertz CT molecular complexity index is 3840. The molecule has 0 fully saturated rings. The molecular weight excluding hydrogens is 745 g/mol. The average Bonchev–Trinajstić information content (AvgIpc) is 3.98. The van der Waals surface area contributed by atoms with E-state index in [1.54, 1.807) is 0 Å². The summed E-state index contributed by atoms with van der Waals surface area (Å²) in [6.45, 7) is 0. The molecule has 61 heavy (non-hydrogen) atoms. The number of furan rings is 1. The normalized spacial score (nSPS) is 11.9. The number of para-hydroxylation sites is 3. The molecule has 0 saturated heterocycles. The first-order valence-corrected chi connectivity index (χ1v) is 20.7. The van der Waals surface area contributed by atoms with Crippen molar-refractivity contribution in [2.75, 3.05) is 0 Å². The van der Waals surface area contributed by atoms with Crippen molar-refractivity contribution in [3.63, 3.8) is 0 Å². The van der Waals surface area contributed by atoms with Crippen LogP contribution >= 0.6 is 0 Å². The maximum Gasteiger partial charge on any atom is 0.160 e. The third-order valence-corrected chi connectivity index (χ3v) is 12.3. The number of aromatic nitrogens is 4. The van der Waals surface area contributed by atoms with Crippen molar-refractivity contribution < 1.29 is 4.42 Å². The van der Waals surface area contributed by atoms with Crippen LogP contribution in [0.25, 0.3) is 122 Å². The molecule has 5 heteroatoms. The van der Waals surface area contributed by atoms with Crippen LogP contribution in [0.15, 0.2) is 211 Å². The summed E-state index contributed by atoms with van der Waals surface area (Å²) in [5, 5.41) is 8.02. The Morgan fingerprint density at radius 1 is 0.328 bits per heavy atom. The van der Waals surface area contributed by atoms with Crippen LogP contribution in [0, 0.1) is 0 Å². The van der Waals surface area contributed by atoms with Gasteiger partial charge in [0.2, 0.25) is 0 Å². The molecule has 0 spiro atoms. The van der Waals surface area contributed by atoms with Crippen LogP contribution in [0.4, 0.5) is 0 Å². The number of rotatable bonds is 5. The van der Waals surface area contributed by atoms with Crippen LogP contribution in [0.5, 0.6) is 0 Å². The van der Waals surface area contributed by atoms with E-state index in [2.05, 4.69) is 191 Å². The summed E-state index contributed by atoms with van der Waals surface area (Å²) in [5.41, 5.74) is 14.7. The van der Waals surface area contributed by atoms with E-state index in [1.807, 2.05) is 24.3 Å². The van der Waals surface area contributed by atoms with Gasteiger partial charge in [-0.3, -0.25) is 0 Å². The lowest BCUT2D eigenvalue weighted by Gasteiger charge is -2.14. The molecule has 5 nitrogen and oxygen atoms in total. The molecule has 4 heterocycles. The molecule has 13 aromatic rings. The van der Waals surface area contributed by atoms with Crippen molar-refractivity contribution in [2.45, 2.75) is 0 Å². The van der Waals surface area contributed by atoms with Gasteiger partial charge in [0.05, 0.1) is 33.3 Å². The van der Waals surface area contributed by atoms with Crippen molar-refractivity contribution in [3.05, 3.63) is 206 Å². The smallest absolute Gasteiger partial charge is 0.160 e. The second-order valence-corrected chi connectivity index (χ2v) is 15.7. The largest absolute Gasteiger partial charge is 0.456 e. The fraction of sp³-hybridized carbons (Fsp3) is 0. The summed E-state index contributed by atoms with van der Waals surface area (Å²) >= 11 is 0. The molecule has 13 rings (SSSR count). The molecule has 9 aromatic carbocycles. The van der Waals surface area contributed by atoms with Gasteiger partial charge in [-0.1, -0.05) is 140 Å². The van der Waals surface area contributed by atoms with E-state index in [0.29, 0.717) is 5.82 Å². The van der Waals surface area contributed by atoms with E-state index in [-0.39, 0.29) is 0 Å². The number of benzene rings is 9. The highest BCUT2D eigenvalue weighted by atomic mass is 16.3. The molecule has 0 N–H and O–H groups in total. The minimum absolute atomic E-state index is 0.699. The van der Waals surface area contributed by atoms with E-state index in [9.17, 15) is 0 Å². The molecule has 0 aliphatic rings. The van der Waals surface area contributed by atoms with Crippen molar-refractivity contribution in [3.8, 4) is 45.1 Å². The summed E-state index contributed by atoms with van der Waals surface area (Å²) in [4.78, 5) is 10.2. The Balaban J connectivity index is 1.07. The lowest BCUT2D eigenvalue weighted by atomic mass is 10.1. The summed E-state index contributed by atoms with van der Waals surface area (Å²) < 4.78 is 11.4. The van der Waals surface area contributed by atoms with Gasteiger partial charge in [-0.15, -0.1) is 0 Å². The van der Waals surface area contributed by atoms with Gasteiger partial charge in [0.25, 0.3) is 0 Å². The third-order valence-electron chi connectivity index (χ3n) is 12.3. The molecule has 0 unspecified atom stereocenters. The Labute approximate surface area is 350 Å². The van der Waals surface area contributed by atoms with Crippen LogP contribution in [0.2, 0.25) is 0 Å². The summed E-state index contributed by atoms with van der Waals surface area (Å²) in [6, 6.07) is 73.1. The number of fused-ring (bicyclic) bond motifs is 11. The van der Waals surface area contributed by atoms with Crippen LogP contribution in [0.3, 0.4) is 0 Å².